The van der Waals surface area contributed by atoms with E-state index in [0.717, 1.165) is 0 Å². The van der Waals surface area contributed by atoms with E-state index in [1.165, 1.54) is 18.2 Å². The minimum absolute atomic E-state index is 0.110. The number of amides is 1. The number of benzene rings is 1. The van der Waals surface area contributed by atoms with Crippen molar-refractivity contribution in [3.8, 4) is 0 Å². The van der Waals surface area contributed by atoms with E-state index in [9.17, 15) is 9.18 Å². The van der Waals surface area contributed by atoms with Crippen LogP contribution in [0.5, 0.6) is 0 Å². The van der Waals surface area contributed by atoms with Gasteiger partial charge in [0.15, 0.2) is 0 Å². The largest absolute Gasteiger partial charge is 0.367 e. The Morgan fingerprint density at radius 3 is 2.90 bits per heavy atom. The fraction of sp³-hybridized carbons (Fsp3) is 0.500. The summed E-state index contributed by atoms with van der Waals surface area (Å²) in [6.07, 6.45) is -0.178. The Morgan fingerprint density at radius 2 is 2.30 bits per heavy atom. The van der Waals surface area contributed by atoms with Crippen LogP contribution in [0.25, 0.3) is 0 Å². The molecule has 3 nitrogen and oxygen atoms in total. The van der Waals surface area contributed by atoms with Gasteiger partial charge < -0.3 is 9.64 Å². The molecule has 110 valence electrons. The summed E-state index contributed by atoms with van der Waals surface area (Å²) in [5, 5.41) is 0. The van der Waals surface area contributed by atoms with E-state index in [1.807, 2.05) is 36.4 Å². The van der Waals surface area contributed by atoms with E-state index < -0.39 is 5.60 Å². The van der Waals surface area contributed by atoms with Crippen LogP contribution in [0, 0.1) is 9.39 Å². The molecule has 1 fully saturated rings. The normalized spacial score (nSPS) is 21.9. The topological polar surface area (TPSA) is 29.5 Å². The third kappa shape index (κ3) is 3.62. The van der Waals surface area contributed by atoms with Crippen molar-refractivity contribution >= 4 is 40.1 Å². The highest BCUT2D eigenvalue weighted by molar-refractivity contribution is 14.1. The van der Waals surface area contributed by atoms with Gasteiger partial charge in [-0.3, -0.25) is 4.79 Å². The molecule has 2 rings (SSSR count). The third-order valence-electron chi connectivity index (χ3n) is 3.10. The van der Waals surface area contributed by atoms with Gasteiger partial charge in [0.25, 0.3) is 5.91 Å². The van der Waals surface area contributed by atoms with Gasteiger partial charge in [-0.05, 0) is 54.6 Å². The predicted octanol–water partition coefficient (Wildman–Crippen LogP) is 3.29. The van der Waals surface area contributed by atoms with Crippen molar-refractivity contribution in [3.63, 3.8) is 0 Å². The van der Waals surface area contributed by atoms with Gasteiger partial charge in [-0.2, -0.15) is 0 Å². The Labute approximate surface area is 136 Å². The lowest BCUT2D eigenvalue weighted by Gasteiger charge is -2.42. The van der Waals surface area contributed by atoms with Crippen molar-refractivity contribution < 1.29 is 13.9 Å². The van der Waals surface area contributed by atoms with E-state index in [4.69, 9.17) is 16.3 Å². The number of hydrogen-bond acceptors (Lipinski definition) is 2. The molecule has 1 atom stereocenters. The van der Waals surface area contributed by atoms with Crippen LogP contribution in [0.2, 0.25) is 0 Å². The van der Waals surface area contributed by atoms with Gasteiger partial charge in [-0.15, -0.1) is 11.6 Å². The summed E-state index contributed by atoms with van der Waals surface area (Å²) in [7, 11) is 0. The molecule has 0 aromatic heterocycles. The molecule has 0 aliphatic carbocycles. The van der Waals surface area contributed by atoms with Crippen molar-refractivity contribution in [1.82, 2.24) is 4.90 Å². The van der Waals surface area contributed by atoms with Crippen LogP contribution in [0.1, 0.15) is 24.2 Å². The summed E-state index contributed by atoms with van der Waals surface area (Å²) < 4.78 is 19.5. The monoisotopic (exact) mass is 411 g/mol. The maximum Gasteiger partial charge on any atom is 0.255 e. The van der Waals surface area contributed by atoms with Crippen molar-refractivity contribution in [2.24, 2.45) is 0 Å². The van der Waals surface area contributed by atoms with E-state index in [0.29, 0.717) is 28.1 Å². The molecule has 0 saturated carbocycles. The third-order valence-corrected chi connectivity index (χ3v) is 4.34. The second-order valence-corrected chi connectivity index (χ2v) is 6.93. The summed E-state index contributed by atoms with van der Waals surface area (Å²) in [5.74, 6) is -0.110. The molecule has 1 aliphatic heterocycles. The maximum atomic E-state index is 13.1. The molecule has 0 spiro atoms. The SMILES string of the molecule is CC1(C)CN(C(=O)c2ccc(F)cc2I)CC(CCl)O1. The molecule has 0 N–H and O–H groups in total. The average Bonchev–Trinajstić information content (AvgIpc) is 2.36. The number of hydrogen-bond donors (Lipinski definition) is 0. The number of alkyl halides is 1. The standard InChI is InChI=1S/C14H16ClFINO2/c1-14(2)8-18(7-10(6-15)20-14)13(19)11-4-3-9(16)5-12(11)17/h3-5,10H,6-8H2,1-2H3. The minimum Gasteiger partial charge on any atom is -0.367 e. The quantitative estimate of drug-likeness (QED) is 0.552. The molecule has 0 radical (unpaired) electrons. The molecule has 1 aromatic rings. The minimum atomic E-state index is -0.432. The van der Waals surface area contributed by atoms with Crippen molar-refractivity contribution in [1.29, 1.82) is 0 Å². The van der Waals surface area contributed by atoms with Crippen molar-refractivity contribution in [2.45, 2.75) is 25.6 Å². The lowest BCUT2D eigenvalue weighted by atomic mass is 10.0. The second-order valence-electron chi connectivity index (χ2n) is 5.46. The van der Waals surface area contributed by atoms with Crippen LogP contribution < -0.4 is 0 Å². The summed E-state index contributed by atoms with van der Waals surface area (Å²) in [5.41, 5.74) is 0.0804. The zero-order valence-electron chi connectivity index (χ0n) is 11.3. The van der Waals surface area contributed by atoms with Crippen LogP contribution in [-0.4, -0.2) is 41.5 Å². The summed E-state index contributed by atoms with van der Waals surface area (Å²) >= 11 is 7.84. The summed E-state index contributed by atoms with van der Waals surface area (Å²) in [4.78, 5) is 14.3. The molecule has 1 unspecified atom stereocenters. The predicted molar refractivity (Wildman–Crippen MR) is 84.7 cm³/mol. The zero-order valence-corrected chi connectivity index (χ0v) is 14.2. The first-order valence-electron chi connectivity index (χ1n) is 6.30. The van der Waals surface area contributed by atoms with Crippen LogP contribution in [-0.2, 0) is 4.74 Å². The van der Waals surface area contributed by atoms with Gasteiger partial charge >= 0.3 is 0 Å². The van der Waals surface area contributed by atoms with Gasteiger partial charge in [0, 0.05) is 16.7 Å². The molecule has 1 aromatic carbocycles. The Balaban J connectivity index is 2.23. The molecule has 6 heteroatoms. The molecule has 1 heterocycles. The van der Waals surface area contributed by atoms with E-state index in [2.05, 4.69) is 0 Å². The first-order valence-corrected chi connectivity index (χ1v) is 7.92. The molecular formula is C14H16ClFINO2. The van der Waals surface area contributed by atoms with Crippen molar-refractivity contribution in [3.05, 3.63) is 33.1 Å². The van der Waals surface area contributed by atoms with E-state index in [-0.39, 0.29) is 17.8 Å². The Morgan fingerprint density at radius 1 is 1.60 bits per heavy atom. The molecule has 1 aliphatic rings. The number of carbonyl (C=O) groups is 1. The molecule has 1 amide bonds. The summed E-state index contributed by atoms with van der Waals surface area (Å²) in [6, 6.07) is 4.19. The summed E-state index contributed by atoms with van der Waals surface area (Å²) in [6.45, 7) is 4.81. The number of carbonyl (C=O) groups excluding carboxylic acids is 1. The smallest absolute Gasteiger partial charge is 0.255 e. The number of morpholine rings is 1. The van der Waals surface area contributed by atoms with E-state index >= 15 is 0 Å². The number of ether oxygens (including phenoxy) is 1. The molecule has 20 heavy (non-hydrogen) atoms. The number of nitrogens with zero attached hydrogens (tertiary/aromatic N) is 1. The highest BCUT2D eigenvalue weighted by Gasteiger charge is 2.35. The lowest BCUT2D eigenvalue weighted by molar-refractivity contribution is -0.117. The zero-order chi connectivity index (χ0) is 14.9. The maximum absolute atomic E-state index is 13.1. The first kappa shape index (κ1) is 16.0. The first-order chi connectivity index (χ1) is 9.32. The van der Waals surface area contributed by atoms with Gasteiger partial charge in [0.05, 0.1) is 23.1 Å². The van der Waals surface area contributed by atoms with Crippen LogP contribution in [0.3, 0.4) is 0 Å². The molecular weight excluding hydrogens is 396 g/mol. The van der Waals surface area contributed by atoms with Crippen LogP contribution in [0.15, 0.2) is 18.2 Å². The fourth-order valence-electron chi connectivity index (χ4n) is 2.36. The average molecular weight is 412 g/mol. The number of halogens is 3. The van der Waals surface area contributed by atoms with Gasteiger partial charge in [0.2, 0.25) is 0 Å². The van der Waals surface area contributed by atoms with Crippen LogP contribution in [0.4, 0.5) is 4.39 Å². The van der Waals surface area contributed by atoms with Gasteiger partial charge in [-0.1, -0.05) is 0 Å². The molecule has 1 saturated heterocycles. The van der Waals surface area contributed by atoms with Crippen LogP contribution >= 0.6 is 34.2 Å². The number of rotatable bonds is 2. The van der Waals surface area contributed by atoms with Crippen molar-refractivity contribution in [2.75, 3.05) is 19.0 Å². The molecule has 0 bridgehead atoms. The Kier molecular flexibility index (Phi) is 4.92. The highest BCUT2D eigenvalue weighted by atomic mass is 127. The van der Waals surface area contributed by atoms with E-state index in [1.54, 1.807) is 4.90 Å². The Hall–Kier alpha value is -0.400. The fourth-order valence-corrected chi connectivity index (χ4v) is 3.23. The van der Waals surface area contributed by atoms with Gasteiger partial charge in [-0.25, -0.2) is 4.39 Å². The van der Waals surface area contributed by atoms with Gasteiger partial charge in [0.1, 0.15) is 5.82 Å². The Bertz CT molecular complexity index is 524. The lowest BCUT2D eigenvalue weighted by Crippen LogP contribution is -2.55. The second kappa shape index (κ2) is 6.15. The highest BCUT2D eigenvalue weighted by Crippen LogP contribution is 2.24.